The zero-order valence-corrected chi connectivity index (χ0v) is 10.4. The Labute approximate surface area is 101 Å². The van der Waals surface area contributed by atoms with Crippen LogP contribution in [0.4, 0.5) is 0 Å². The average molecular weight is 244 g/mol. The number of hydrogen-bond acceptors (Lipinski definition) is 3. The highest BCUT2D eigenvalue weighted by molar-refractivity contribution is 5.87. The number of rotatable bonds is 7. The van der Waals surface area contributed by atoms with Crippen molar-refractivity contribution < 1.29 is 19.5 Å². The molecule has 98 valence electrons. The first kappa shape index (κ1) is 15.4. The molecule has 0 aliphatic rings. The molecular formula is C11H20N2O4. The van der Waals surface area contributed by atoms with Gasteiger partial charge >= 0.3 is 5.97 Å². The van der Waals surface area contributed by atoms with Gasteiger partial charge in [0.1, 0.15) is 6.04 Å². The monoisotopic (exact) mass is 244 g/mol. The third-order valence-corrected chi connectivity index (χ3v) is 2.17. The highest BCUT2D eigenvalue weighted by Crippen LogP contribution is 2.01. The minimum atomic E-state index is -1.08. The maximum atomic E-state index is 11.4. The van der Waals surface area contributed by atoms with Crippen LogP contribution in [0.5, 0.6) is 0 Å². The number of amides is 2. The number of carbonyl (C=O) groups is 3. The molecule has 1 atom stereocenters. The van der Waals surface area contributed by atoms with Crippen molar-refractivity contribution in [3.63, 3.8) is 0 Å². The Kier molecular flexibility index (Phi) is 6.93. The Morgan fingerprint density at radius 3 is 2.18 bits per heavy atom. The van der Waals surface area contributed by atoms with Crippen LogP contribution >= 0.6 is 0 Å². The van der Waals surface area contributed by atoms with Crippen LogP contribution in [-0.4, -0.2) is 35.5 Å². The van der Waals surface area contributed by atoms with Crippen molar-refractivity contribution in [1.82, 2.24) is 10.6 Å². The van der Waals surface area contributed by atoms with E-state index >= 15 is 0 Å². The minimum absolute atomic E-state index is 0.185. The number of carbonyl (C=O) groups excluding carboxylic acids is 2. The molecule has 0 saturated heterocycles. The quantitative estimate of drug-likeness (QED) is 0.593. The smallest absolute Gasteiger partial charge is 0.326 e. The summed E-state index contributed by atoms with van der Waals surface area (Å²) in [5.74, 6) is -1.98. The molecule has 0 spiro atoms. The molecule has 0 aromatic rings. The molecule has 0 rings (SSSR count). The van der Waals surface area contributed by atoms with Gasteiger partial charge in [0, 0.05) is 6.42 Å². The lowest BCUT2D eigenvalue weighted by Crippen LogP contribution is -2.48. The fourth-order valence-electron chi connectivity index (χ4n) is 1.23. The third-order valence-electron chi connectivity index (χ3n) is 2.17. The van der Waals surface area contributed by atoms with Gasteiger partial charge in [-0.05, 0) is 12.3 Å². The SMILES string of the molecule is CCCC(=O)NCC(=O)N[C@@H](C(=O)O)C(C)C. The summed E-state index contributed by atoms with van der Waals surface area (Å²) in [6.45, 7) is 5.08. The molecule has 6 heteroatoms. The summed E-state index contributed by atoms with van der Waals surface area (Å²) in [6.07, 6.45) is 1.07. The average Bonchev–Trinajstić information content (AvgIpc) is 2.22. The number of carboxylic acid groups (broad SMARTS) is 1. The summed E-state index contributed by atoms with van der Waals surface area (Å²) < 4.78 is 0. The molecule has 0 aromatic heterocycles. The van der Waals surface area contributed by atoms with Gasteiger partial charge in [-0.1, -0.05) is 20.8 Å². The van der Waals surface area contributed by atoms with Gasteiger partial charge in [0.25, 0.3) is 0 Å². The van der Waals surface area contributed by atoms with E-state index in [0.29, 0.717) is 12.8 Å². The minimum Gasteiger partial charge on any atom is -0.480 e. The van der Waals surface area contributed by atoms with Crippen LogP contribution in [0.1, 0.15) is 33.6 Å². The molecular weight excluding hydrogens is 224 g/mol. The van der Waals surface area contributed by atoms with Crippen molar-refractivity contribution in [2.45, 2.75) is 39.7 Å². The second-order valence-corrected chi connectivity index (χ2v) is 4.15. The first-order valence-electron chi connectivity index (χ1n) is 5.67. The molecule has 0 bridgehead atoms. The Balaban J connectivity index is 4.07. The lowest BCUT2D eigenvalue weighted by molar-refractivity contribution is -0.143. The molecule has 0 aliphatic carbocycles. The van der Waals surface area contributed by atoms with E-state index in [1.165, 1.54) is 0 Å². The molecule has 0 fully saturated rings. The lowest BCUT2D eigenvalue weighted by Gasteiger charge is -2.17. The molecule has 6 nitrogen and oxygen atoms in total. The molecule has 2 amide bonds. The van der Waals surface area contributed by atoms with E-state index < -0.39 is 17.9 Å². The van der Waals surface area contributed by atoms with Crippen LogP contribution < -0.4 is 10.6 Å². The molecule has 3 N–H and O–H groups in total. The summed E-state index contributed by atoms with van der Waals surface area (Å²) in [5.41, 5.74) is 0. The third kappa shape index (κ3) is 6.55. The Bertz CT molecular complexity index is 289. The van der Waals surface area contributed by atoms with Gasteiger partial charge in [0.2, 0.25) is 11.8 Å². The summed E-state index contributed by atoms with van der Waals surface area (Å²) in [4.78, 5) is 33.3. The molecule has 0 radical (unpaired) electrons. The first-order valence-corrected chi connectivity index (χ1v) is 5.67. The van der Waals surface area contributed by atoms with E-state index in [1.807, 2.05) is 6.92 Å². The van der Waals surface area contributed by atoms with E-state index in [2.05, 4.69) is 10.6 Å². The van der Waals surface area contributed by atoms with Crippen molar-refractivity contribution >= 4 is 17.8 Å². The molecule has 0 heterocycles. The van der Waals surface area contributed by atoms with Gasteiger partial charge in [-0.25, -0.2) is 4.79 Å². The zero-order chi connectivity index (χ0) is 13.4. The fraction of sp³-hybridized carbons (Fsp3) is 0.727. The Hall–Kier alpha value is -1.59. The highest BCUT2D eigenvalue weighted by atomic mass is 16.4. The number of aliphatic carboxylic acids is 1. The van der Waals surface area contributed by atoms with Crippen LogP contribution in [0.15, 0.2) is 0 Å². The first-order chi connectivity index (χ1) is 7.88. The summed E-state index contributed by atoms with van der Waals surface area (Å²) in [5, 5.41) is 13.6. The zero-order valence-electron chi connectivity index (χ0n) is 10.4. The topological polar surface area (TPSA) is 95.5 Å². The number of nitrogens with one attached hydrogen (secondary N) is 2. The molecule has 0 aromatic carbocycles. The highest BCUT2D eigenvalue weighted by Gasteiger charge is 2.23. The summed E-state index contributed by atoms with van der Waals surface area (Å²) in [7, 11) is 0. The fourth-order valence-corrected chi connectivity index (χ4v) is 1.23. The van der Waals surface area contributed by atoms with E-state index in [4.69, 9.17) is 5.11 Å². The number of hydrogen-bond donors (Lipinski definition) is 3. The van der Waals surface area contributed by atoms with Gasteiger partial charge in [0.15, 0.2) is 0 Å². The van der Waals surface area contributed by atoms with Gasteiger partial charge in [0.05, 0.1) is 6.54 Å². The largest absolute Gasteiger partial charge is 0.480 e. The van der Waals surface area contributed by atoms with E-state index in [1.54, 1.807) is 13.8 Å². The predicted octanol–water partition coefficient (Wildman–Crippen LogP) is 0.128. The van der Waals surface area contributed by atoms with Crippen molar-refractivity contribution in [1.29, 1.82) is 0 Å². The second kappa shape index (κ2) is 7.65. The molecule has 0 saturated carbocycles. The van der Waals surface area contributed by atoms with Gasteiger partial charge in [-0.3, -0.25) is 9.59 Å². The van der Waals surface area contributed by atoms with Crippen LogP contribution in [0.25, 0.3) is 0 Å². The van der Waals surface area contributed by atoms with Crippen molar-refractivity contribution in [2.75, 3.05) is 6.54 Å². The van der Waals surface area contributed by atoms with Gasteiger partial charge in [-0.15, -0.1) is 0 Å². The van der Waals surface area contributed by atoms with Crippen molar-refractivity contribution in [3.05, 3.63) is 0 Å². The maximum absolute atomic E-state index is 11.4. The predicted molar refractivity (Wildman–Crippen MR) is 62.3 cm³/mol. The number of carboxylic acids is 1. The van der Waals surface area contributed by atoms with E-state index in [0.717, 1.165) is 0 Å². The van der Waals surface area contributed by atoms with E-state index in [-0.39, 0.29) is 18.4 Å². The van der Waals surface area contributed by atoms with Crippen LogP contribution in [0.2, 0.25) is 0 Å². The standard InChI is InChI=1S/C11H20N2O4/c1-4-5-8(14)12-6-9(15)13-10(7(2)3)11(16)17/h7,10H,4-6H2,1-3H3,(H,12,14)(H,13,15)(H,16,17)/t10-/m1/s1. The Morgan fingerprint density at radius 1 is 1.18 bits per heavy atom. The van der Waals surface area contributed by atoms with Crippen molar-refractivity contribution in [2.24, 2.45) is 5.92 Å². The Morgan fingerprint density at radius 2 is 1.76 bits per heavy atom. The second-order valence-electron chi connectivity index (χ2n) is 4.15. The summed E-state index contributed by atoms with van der Waals surface area (Å²) >= 11 is 0. The van der Waals surface area contributed by atoms with E-state index in [9.17, 15) is 14.4 Å². The van der Waals surface area contributed by atoms with Gasteiger partial charge in [-0.2, -0.15) is 0 Å². The van der Waals surface area contributed by atoms with Crippen LogP contribution in [-0.2, 0) is 14.4 Å². The maximum Gasteiger partial charge on any atom is 0.326 e. The van der Waals surface area contributed by atoms with Crippen LogP contribution in [0, 0.1) is 5.92 Å². The molecule has 0 unspecified atom stereocenters. The van der Waals surface area contributed by atoms with Crippen molar-refractivity contribution in [3.8, 4) is 0 Å². The molecule has 0 aliphatic heterocycles. The lowest BCUT2D eigenvalue weighted by atomic mass is 10.1. The van der Waals surface area contributed by atoms with Gasteiger partial charge < -0.3 is 15.7 Å². The summed E-state index contributed by atoms with van der Waals surface area (Å²) in [6, 6.07) is -0.925. The molecule has 17 heavy (non-hydrogen) atoms. The normalized spacial score (nSPS) is 12.0. The van der Waals surface area contributed by atoms with Crippen LogP contribution in [0.3, 0.4) is 0 Å².